The van der Waals surface area contributed by atoms with Crippen LogP contribution in [0.25, 0.3) is 58.5 Å². The van der Waals surface area contributed by atoms with E-state index in [0.717, 1.165) is 28.8 Å². The fourth-order valence-electron chi connectivity index (χ4n) is 5.79. The Bertz CT molecular complexity index is 2240. The van der Waals surface area contributed by atoms with Crippen LogP contribution in [0.1, 0.15) is 48.9 Å². The van der Waals surface area contributed by atoms with Gasteiger partial charge in [0.15, 0.2) is 0 Å². The van der Waals surface area contributed by atoms with E-state index in [1.54, 1.807) is 56.7 Å². The highest BCUT2D eigenvalue weighted by molar-refractivity contribution is 7.31. The number of carboxylic acids is 2. The molecular formula is C38H32O4S7. The Hall–Kier alpha value is -3.16. The molecule has 250 valence electrons. The van der Waals surface area contributed by atoms with E-state index < -0.39 is 11.9 Å². The lowest BCUT2D eigenvalue weighted by Crippen LogP contribution is -1.97. The van der Waals surface area contributed by atoms with Gasteiger partial charge in [0.05, 0.1) is 0 Å². The molecule has 0 saturated heterocycles. The fourth-order valence-corrected chi connectivity index (χ4v) is 14.0. The van der Waals surface area contributed by atoms with Crippen molar-refractivity contribution in [2.75, 3.05) is 0 Å². The van der Waals surface area contributed by atoms with E-state index in [9.17, 15) is 19.8 Å². The van der Waals surface area contributed by atoms with E-state index in [0.29, 0.717) is 12.8 Å². The molecular weight excluding hydrogens is 745 g/mol. The van der Waals surface area contributed by atoms with E-state index in [4.69, 9.17) is 0 Å². The van der Waals surface area contributed by atoms with Crippen molar-refractivity contribution in [3.05, 3.63) is 93.7 Å². The van der Waals surface area contributed by atoms with Gasteiger partial charge in [0, 0.05) is 71.4 Å². The molecule has 4 nitrogen and oxygen atoms in total. The van der Waals surface area contributed by atoms with E-state index in [2.05, 4.69) is 73.8 Å². The van der Waals surface area contributed by atoms with Gasteiger partial charge in [-0.05, 0) is 119 Å². The standard InChI is InChI=1S/C38H32O4S7/c1-3-21-15-17-43-35(21)27-9-7-26(45-27)32-20-24(6-14-34(41)42)38(49-32)30-12-11-29(47-30)37-22(4-2)19-31(48-37)25-8-10-28(46-25)36-23(16-18-44-36)5-13-33(39)40/h7-12,15-20H,3-6,13-14H2,1-2H3,(H,39,40)(H,41,42). The summed E-state index contributed by atoms with van der Waals surface area (Å²) in [5.41, 5.74) is 4.90. The highest BCUT2D eigenvalue weighted by Gasteiger charge is 2.20. The number of thiophene rings is 7. The van der Waals surface area contributed by atoms with Crippen LogP contribution in [0.2, 0.25) is 0 Å². The Morgan fingerprint density at radius 3 is 1.41 bits per heavy atom. The Morgan fingerprint density at radius 2 is 0.878 bits per heavy atom. The van der Waals surface area contributed by atoms with E-state index in [-0.39, 0.29) is 12.8 Å². The van der Waals surface area contributed by atoms with Gasteiger partial charge in [-0.25, -0.2) is 0 Å². The quantitative estimate of drug-likeness (QED) is 0.115. The zero-order valence-corrected chi connectivity index (χ0v) is 32.5. The number of hydrogen-bond acceptors (Lipinski definition) is 9. The highest BCUT2D eigenvalue weighted by atomic mass is 32.1. The van der Waals surface area contributed by atoms with Crippen LogP contribution in [-0.2, 0) is 35.3 Å². The summed E-state index contributed by atoms with van der Waals surface area (Å²) < 4.78 is 0. The predicted molar refractivity (Wildman–Crippen MR) is 215 cm³/mol. The molecule has 0 aliphatic heterocycles. The van der Waals surface area contributed by atoms with Gasteiger partial charge in [-0.3, -0.25) is 9.59 Å². The minimum absolute atomic E-state index is 0.107. The van der Waals surface area contributed by atoms with Gasteiger partial charge in [-0.2, -0.15) is 0 Å². The molecule has 0 bridgehead atoms. The molecule has 0 amide bonds. The maximum Gasteiger partial charge on any atom is 0.303 e. The van der Waals surface area contributed by atoms with Crippen molar-refractivity contribution < 1.29 is 19.8 Å². The first kappa shape index (κ1) is 34.3. The minimum atomic E-state index is -0.778. The van der Waals surface area contributed by atoms with Crippen molar-refractivity contribution in [1.82, 2.24) is 0 Å². The van der Waals surface area contributed by atoms with Crippen LogP contribution in [0.15, 0.2) is 71.4 Å². The maximum absolute atomic E-state index is 11.6. The zero-order chi connectivity index (χ0) is 34.1. The second-order valence-electron chi connectivity index (χ2n) is 11.5. The van der Waals surface area contributed by atoms with Gasteiger partial charge in [-0.1, -0.05) is 13.8 Å². The molecule has 7 rings (SSSR count). The third kappa shape index (κ3) is 7.35. The summed E-state index contributed by atoms with van der Waals surface area (Å²) in [6.07, 6.45) is 3.23. The lowest BCUT2D eigenvalue weighted by Gasteiger charge is -2.00. The lowest BCUT2D eigenvalue weighted by molar-refractivity contribution is -0.138. The molecule has 7 aromatic heterocycles. The summed E-state index contributed by atoms with van der Waals surface area (Å²) in [4.78, 5) is 37.5. The number of rotatable bonds is 14. The van der Waals surface area contributed by atoms with Crippen LogP contribution >= 0.6 is 79.4 Å². The van der Waals surface area contributed by atoms with Crippen LogP contribution in [-0.4, -0.2) is 22.2 Å². The summed E-state index contributed by atoms with van der Waals surface area (Å²) >= 11 is 12.4. The fraction of sp³-hybridized carbons (Fsp3) is 0.211. The van der Waals surface area contributed by atoms with E-state index >= 15 is 0 Å². The lowest BCUT2D eigenvalue weighted by atomic mass is 10.1. The average Bonchev–Trinajstić information content (AvgIpc) is 3.94. The molecule has 0 aliphatic carbocycles. The molecule has 2 N–H and O–H groups in total. The van der Waals surface area contributed by atoms with Crippen molar-refractivity contribution in [3.63, 3.8) is 0 Å². The zero-order valence-electron chi connectivity index (χ0n) is 26.7. The Labute approximate surface area is 313 Å². The summed E-state index contributed by atoms with van der Waals surface area (Å²) in [7, 11) is 0. The second kappa shape index (κ2) is 15.0. The molecule has 0 fully saturated rings. The molecule has 49 heavy (non-hydrogen) atoms. The topological polar surface area (TPSA) is 74.6 Å². The predicted octanol–water partition coefficient (Wildman–Crippen LogP) is 13.3. The van der Waals surface area contributed by atoms with E-state index in [1.807, 2.05) is 34.1 Å². The first-order valence-electron chi connectivity index (χ1n) is 15.9. The molecule has 0 unspecified atom stereocenters. The first-order chi connectivity index (χ1) is 23.8. The van der Waals surface area contributed by atoms with Crippen molar-refractivity contribution in [2.45, 2.75) is 52.4 Å². The number of aliphatic carboxylic acids is 2. The van der Waals surface area contributed by atoms with Gasteiger partial charge >= 0.3 is 11.9 Å². The number of aryl methyl sites for hydroxylation is 4. The molecule has 0 aliphatic rings. The second-order valence-corrected chi connectivity index (χ2v) is 18.7. The Morgan fingerprint density at radius 1 is 0.469 bits per heavy atom. The maximum atomic E-state index is 11.6. The van der Waals surface area contributed by atoms with Gasteiger partial charge in [0.2, 0.25) is 0 Å². The summed E-state index contributed by atoms with van der Waals surface area (Å²) in [5.74, 6) is -1.55. The van der Waals surface area contributed by atoms with E-state index in [1.165, 1.54) is 64.8 Å². The Kier molecular flexibility index (Phi) is 10.5. The third-order valence-corrected chi connectivity index (χ3v) is 16.9. The SMILES string of the molecule is CCc1ccsc1-c1ccc(-c2cc(CCC(=O)O)c(-c3ccc(-c4sc(-c5ccc(-c6sccc6CCC(=O)O)s5)cc4CC)s3)s2)s1. The van der Waals surface area contributed by atoms with Crippen molar-refractivity contribution in [3.8, 4) is 58.5 Å². The van der Waals surface area contributed by atoms with Gasteiger partial charge in [0.1, 0.15) is 0 Å². The van der Waals surface area contributed by atoms with Gasteiger partial charge in [-0.15, -0.1) is 79.4 Å². The van der Waals surface area contributed by atoms with Crippen LogP contribution in [0.5, 0.6) is 0 Å². The molecule has 0 atom stereocenters. The summed E-state index contributed by atoms with van der Waals surface area (Å²) in [6.45, 7) is 4.40. The molecule has 0 radical (unpaired) electrons. The minimum Gasteiger partial charge on any atom is -0.481 e. The summed E-state index contributed by atoms with van der Waals surface area (Å²) in [5, 5.41) is 22.9. The van der Waals surface area contributed by atoms with Crippen LogP contribution < -0.4 is 0 Å². The third-order valence-electron chi connectivity index (χ3n) is 8.29. The molecule has 0 aromatic carbocycles. The van der Waals surface area contributed by atoms with Gasteiger partial charge in [0.25, 0.3) is 0 Å². The number of hydrogen-bond donors (Lipinski definition) is 2. The van der Waals surface area contributed by atoms with Crippen molar-refractivity contribution in [1.29, 1.82) is 0 Å². The van der Waals surface area contributed by atoms with Crippen molar-refractivity contribution in [2.24, 2.45) is 0 Å². The van der Waals surface area contributed by atoms with Crippen LogP contribution in [0.3, 0.4) is 0 Å². The monoisotopic (exact) mass is 776 g/mol. The largest absolute Gasteiger partial charge is 0.481 e. The van der Waals surface area contributed by atoms with Crippen LogP contribution in [0, 0.1) is 0 Å². The number of carboxylic acid groups (broad SMARTS) is 2. The normalized spacial score (nSPS) is 11.5. The molecule has 7 heterocycles. The van der Waals surface area contributed by atoms with Crippen LogP contribution in [0.4, 0.5) is 0 Å². The Balaban J connectivity index is 1.18. The molecule has 0 spiro atoms. The van der Waals surface area contributed by atoms with Gasteiger partial charge < -0.3 is 10.2 Å². The molecule has 0 saturated carbocycles. The average molecular weight is 777 g/mol. The molecule has 7 aromatic rings. The summed E-state index contributed by atoms with van der Waals surface area (Å²) in [6, 6.07) is 22.0. The molecule has 11 heteroatoms. The highest BCUT2D eigenvalue weighted by Crippen LogP contribution is 2.49. The first-order valence-corrected chi connectivity index (χ1v) is 21.8. The van der Waals surface area contributed by atoms with Crippen molar-refractivity contribution >= 4 is 91.3 Å². The number of carbonyl (C=O) groups is 2. The smallest absolute Gasteiger partial charge is 0.303 e.